The maximum atomic E-state index is 12.4. The van der Waals surface area contributed by atoms with Gasteiger partial charge in [-0.3, -0.25) is 9.78 Å². The smallest absolute Gasteiger partial charge is 0.291 e. The summed E-state index contributed by atoms with van der Waals surface area (Å²) < 4.78 is 1.57. The van der Waals surface area contributed by atoms with Crippen molar-refractivity contribution in [2.45, 2.75) is 20.4 Å². The van der Waals surface area contributed by atoms with Gasteiger partial charge in [0.15, 0.2) is 0 Å². The molecule has 0 aliphatic heterocycles. The molecule has 7 nitrogen and oxygen atoms in total. The molecule has 130 valence electrons. The summed E-state index contributed by atoms with van der Waals surface area (Å²) in [7, 11) is 0. The number of hydrogen-bond donors (Lipinski definition) is 1. The summed E-state index contributed by atoms with van der Waals surface area (Å²) >= 11 is 1.63. The van der Waals surface area contributed by atoms with E-state index in [0.717, 1.165) is 27.5 Å². The molecule has 1 amide bonds. The normalized spacial score (nSPS) is 11.0. The third-order valence-corrected chi connectivity index (χ3v) is 4.76. The highest BCUT2D eigenvalue weighted by molar-refractivity contribution is 7.13. The molecule has 0 atom stereocenters. The lowest BCUT2D eigenvalue weighted by Gasteiger charge is -2.04. The van der Waals surface area contributed by atoms with E-state index in [1.54, 1.807) is 22.0 Å². The molecule has 0 spiro atoms. The SMILES string of the molecule is Cc1cc(C)n2nc(C(=O)NCc3ccnc(-c4cccs4)c3)nc2n1. The van der Waals surface area contributed by atoms with Gasteiger partial charge in [0.05, 0.1) is 10.6 Å². The molecule has 0 aromatic carbocycles. The van der Waals surface area contributed by atoms with E-state index in [0.29, 0.717) is 12.3 Å². The van der Waals surface area contributed by atoms with Crippen molar-refractivity contribution in [1.82, 2.24) is 29.9 Å². The molecule has 4 aromatic heterocycles. The Bertz CT molecular complexity index is 1090. The van der Waals surface area contributed by atoms with Crippen LogP contribution < -0.4 is 5.32 Å². The molecule has 0 aliphatic carbocycles. The summed E-state index contributed by atoms with van der Waals surface area (Å²) in [5.41, 5.74) is 3.58. The molecule has 4 heterocycles. The average Bonchev–Trinajstić information content (AvgIpc) is 3.29. The number of rotatable bonds is 4. The van der Waals surface area contributed by atoms with Crippen molar-refractivity contribution < 1.29 is 4.79 Å². The van der Waals surface area contributed by atoms with Gasteiger partial charge in [-0.15, -0.1) is 16.4 Å². The summed E-state index contributed by atoms with van der Waals surface area (Å²) in [6, 6.07) is 9.75. The van der Waals surface area contributed by atoms with E-state index in [1.807, 2.05) is 49.6 Å². The monoisotopic (exact) mass is 364 g/mol. The second-order valence-corrected chi connectivity index (χ2v) is 6.84. The van der Waals surface area contributed by atoms with Gasteiger partial charge >= 0.3 is 0 Å². The second kappa shape index (κ2) is 6.64. The predicted molar refractivity (Wildman–Crippen MR) is 99.0 cm³/mol. The summed E-state index contributed by atoms with van der Waals surface area (Å²) in [6.07, 6.45) is 1.75. The predicted octanol–water partition coefficient (Wildman–Crippen LogP) is 2.79. The number of aromatic nitrogens is 5. The fourth-order valence-corrected chi connectivity index (χ4v) is 3.36. The maximum absolute atomic E-state index is 12.4. The van der Waals surface area contributed by atoms with Crippen LogP contribution in [0.2, 0.25) is 0 Å². The molecule has 0 aliphatic rings. The number of thiophene rings is 1. The molecule has 26 heavy (non-hydrogen) atoms. The van der Waals surface area contributed by atoms with E-state index in [1.165, 1.54) is 0 Å². The Labute approximate surface area is 153 Å². The largest absolute Gasteiger partial charge is 0.345 e. The van der Waals surface area contributed by atoms with Gasteiger partial charge in [-0.1, -0.05) is 6.07 Å². The van der Waals surface area contributed by atoms with Crippen molar-refractivity contribution in [3.05, 3.63) is 64.7 Å². The Balaban J connectivity index is 1.51. The first-order valence-corrected chi connectivity index (χ1v) is 8.96. The molecule has 0 fully saturated rings. The van der Waals surface area contributed by atoms with Gasteiger partial charge in [0, 0.05) is 24.1 Å². The number of fused-ring (bicyclic) bond motifs is 1. The van der Waals surface area contributed by atoms with Gasteiger partial charge in [-0.2, -0.15) is 4.98 Å². The summed E-state index contributed by atoms with van der Waals surface area (Å²) in [5.74, 6) is 0.206. The zero-order valence-electron chi connectivity index (χ0n) is 14.3. The van der Waals surface area contributed by atoms with Gasteiger partial charge in [0.25, 0.3) is 11.7 Å². The molecule has 0 saturated carbocycles. The van der Waals surface area contributed by atoms with Crippen molar-refractivity contribution in [2.24, 2.45) is 0 Å². The number of pyridine rings is 1. The Morgan fingerprint density at radius 3 is 2.92 bits per heavy atom. The first kappa shape index (κ1) is 16.3. The number of aryl methyl sites for hydroxylation is 2. The lowest BCUT2D eigenvalue weighted by molar-refractivity contribution is 0.0940. The van der Waals surface area contributed by atoms with Crippen LogP contribution in [0.5, 0.6) is 0 Å². The number of nitrogens with zero attached hydrogens (tertiary/aromatic N) is 5. The van der Waals surface area contributed by atoms with E-state index < -0.39 is 0 Å². The quantitative estimate of drug-likeness (QED) is 0.602. The van der Waals surface area contributed by atoms with Crippen molar-refractivity contribution in [2.75, 3.05) is 0 Å². The first-order valence-electron chi connectivity index (χ1n) is 8.08. The van der Waals surface area contributed by atoms with Gasteiger partial charge in [0.2, 0.25) is 5.82 Å². The van der Waals surface area contributed by atoms with Crippen LogP contribution in [0, 0.1) is 13.8 Å². The lowest BCUT2D eigenvalue weighted by Crippen LogP contribution is -2.24. The average molecular weight is 364 g/mol. The number of nitrogens with one attached hydrogen (secondary N) is 1. The van der Waals surface area contributed by atoms with Crippen molar-refractivity contribution in [3.8, 4) is 10.6 Å². The zero-order chi connectivity index (χ0) is 18.1. The highest BCUT2D eigenvalue weighted by Crippen LogP contribution is 2.22. The molecule has 0 unspecified atom stereocenters. The lowest BCUT2D eigenvalue weighted by atomic mass is 10.2. The van der Waals surface area contributed by atoms with E-state index in [-0.39, 0.29) is 11.7 Å². The molecule has 8 heteroatoms. The van der Waals surface area contributed by atoms with Crippen LogP contribution in [-0.4, -0.2) is 30.5 Å². The highest BCUT2D eigenvalue weighted by Gasteiger charge is 2.15. The van der Waals surface area contributed by atoms with Crippen LogP contribution >= 0.6 is 11.3 Å². The van der Waals surface area contributed by atoms with Gasteiger partial charge in [-0.05, 0) is 49.1 Å². The summed E-state index contributed by atoms with van der Waals surface area (Å²) in [5, 5.41) is 9.11. The molecule has 4 rings (SSSR count). The Hall–Kier alpha value is -3.13. The highest BCUT2D eigenvalue weighted by atomic mass is 32.1. The standard InChI is InChI=1S/C18H16N6OS/c1-11-8-12(2)24-18(21-11)22-16(23-24)17(25)20-10-13-5-6-19-14(9-13)15-4-3-7-26-15/h3-9H,10H2,1-2H3,(H,20,25). The number of carbonyl (C=O) groups excluding carboxylic acids is 1. The van der Waals surface area contributed by atoms with Crippen LogP contribution in [0.25, 0.3) is 16.3 Å². The molecular formula is C18H16N6OS. The third-order valence-electron chi connectivity index (χ3n) is 3.87. The Morgan fingerprint density at radius 1 is 1.23 bits per heavy atom. The van der Waals surface area contributed by atoms with Gasteiger partial charge < -0.3 is 5.32 Å². The van der Waals surface area contributed by atoms with Crippen LogP contribution in [0.3, 0.4) is 0 Å². The summed E-state index contributed by atoms with van der Waals surface area (Å²) in [4.78, 5) is 26.4. The number of hydrogen-bond acceptors (Lipinski definition) is 6. The van der Waals surface area contributed by atoms with Crippen LogP contribution in [-0.2, 0) is 6.54 Å². The molecular weight excluding hydrogens is 348 g/mol. The fourth-order valence-electron chi connectivity index (χ4n) is 2.67. The topological polar surface area (TPSA) is 85.1 Å². The third kappa shape index (κ3) is 3.18. The Morgan fingerprint density at radius 2 is 2.12 bits per heavy atom. The Kier molecular flexibility index (Phi) is 4.18. The van der Waals surface area contributed by atoms with Crippen LogP contribution in [0.4, 0.5) is 0 Å². The summed E-state index contributed by atoms with van der Waals surface area (Å²) in [6.45, 7) is 4.16. The molecule has 1 N–H and O–H groups in total. The van der Waals surface area contributed by atoms with Crippen molar-refractivity contribution >= 4 is 23.0 Å². The fraction of sp³-hybridized carbons (Fsp3) is 0.167. The van der Waals surface area contributed by atoms with E-state index >= 15 is 0 Å². The molecule has 0 radical (unpaired) electrons. The molecule has 4 aromatic rings. The van der Waals surface area contributed by atoms with Gasteiger partial charge in [-0.25, -0.2) is 9.50 Å². The van der Waals surface area contributed by atoms with Crippen LogP contribution in [0.15, 0.2) is 41.9 Å². The van der Waals surface area contributed by atoms with E-state index in [4.69, 9.17) is 0 Å². The minimum atomic E-state index is -0.331. The van der Waals surface area contributed by atoms with Gasteiger partial charge in [0.1, 0.15) is 0 Å². The van der Waals surface area contributed by atoms with Crippen molar-refractivity contribution in [1.29, 1.82) is 0 Å². The zero-order valence-corrected chi connectivity index (χ0v) is 15.1. The van der Waals surface area contributed by atoms with E-state index in [9.17, 15) is 4.79 Å². The molecule has 0 bridgehead atoms. The minimum absolute atomic E-state index is 0.110. The first-order chi connectivity index (χ1) is 12.6. The van der Waals surface area contributed by atoms with E-state index in [2.05, 4.69) is 25.4 Å². The van der Waals surface area contributed by atoms with Crippen molar-refractivity contribution in [3.63, 3.8) is 0 Å². The van der Waals surface area contributed by atoms with Crippen LogP contribution in [0.1, 0.15) is 27.6 Å². The number of amides is 1. The maximum Gasteiger partial charge on any atom is 0.291 e. The number of carbonyl (C=O) groups is 1. The minimum Gasteiger partial charge on any atom is -0.345 e. The second-order valence-electron chi connectivity index (χ2n) is 5.90. The molecule has 0 saturated heterocycles.